The van der Waals surface area contributed by atoms with Crippen LogP contribution in [-0.2, 0) is 11.2 Å². The molecule has 0 radical (unpaired) electrons. The fourth-order valence-corrected chi connectivity index (χ4v) is 3.55. The summed E-state index contributed by atoms with van der Waals surface area (Å²) in [4.78, 5) is 30.3. The van der Waals surface area contributed by atoms with Gasteiger partial charge in [0, 0.05) is 13.5 Å². The Labute approximate surface area is 137 Å². The van der Waals surface area contributed by atoms with E-state index in [4.69, 9.17) is 0 Å². The summed E-state index contributed by atoms with van der Waals surface area (Å²) >= 11 is 1.26. The second kappa shape index (κ2) is 6.08. The van der Waals surface area contributed by atoms with Gasteiger partial charge < -0.3 is 10.0 Å². The minimum atomic E-state index is -0.541. The van der Waals surface area contributed by atoms with Crippen LogP contribution in [0.3, 0.4) is 0 Å². The van der Waals surface area contributed by atoms with Gasteiger partial charge in [0.25, 0.3) is 5.56 Å². The van der Waals surface area contributed by atoms with E-state index in [9.17, 15) is 14.7 Å². The molecule has 23 heavy (non-hydrogen) atoms. The summed E-state index contributed by atoms with van der Waals surface area (Å²) in [6.07, 6.45) is 1.99. The molecule has 0 spiro atoms. The van der Waals surface area contributed by atoms with Crippen molar-refractivity contribution < 1.29 is 9.90 Å². The maximum Gasteiger partial charge on any atom is 0.259 e. The maximum absolute atomic E-state index is 12.5. The number of aromatic nitrogens is 2. The van der Waals surface area contributed by atoms with Crippen molar-refractivity contribution in [2.24, 2.45) is 0 Å². The maximum atomic E-state index is 12.5. The van der Waals surface area contributed by atoms with Gasteiger partial charge in [0.05, 0.1) is 6.07 Å². The standard InChI is InChI=1S/C16H17N3O3S/c1-10(20)18-8-7-11-5-3-4-6-12(11)15(18)19-14(22)9-13(21)17-16(19)23-2/h3-6,9,15,21H,7-8H2,1-2H3. The highest BCUT2D eigenvalue weighted by Crippen LogP contribution is 2.32. The molecule has 0 fully saturated rings. The van der Waals surface area contributed by atoms with Gasteiger partial charge >= 0.3 is 0 Å². The zero-order chi connectivity index (χ0) is 16.6. The lowest BCUT2D eigenvalue weighted by Crippen LogP contribution is -2.45. The predicted molar refractivity (Wildman–Crippen MR) is 87.6 cm³/mol. The third kappa shape index (κ3) is 2.72. The molecule has 2 heterocycles. The van der Waals surface area contributed by atoms with Gasteiger partial charge in [-0.05, 0) is 23.8 Å². The first-order valence-corrected chi connectivity index (χ1v) is 8.47. The summed E-state index contributed by atoms with van der Waals surface area (Å²) in [5.41, 5.74) is 1.65. The lowest BCUT2D eigenvalue weighted by atomic mass is 9.96. The van der Waals surface area contributed by atoms with Crippen molar-refractivity contribution in [3.8, 4) is 5.88 Å². The van der Waals surface area contributed by atoms with E-state index in [-0.39, 0.29) is 17.3 Å². The molecule has 1 aliphatic rings. The van der Waals surface area contributed by atoms with E-state index in [1.54, 1.807) is 11.2 Å². The van der Waals surface area contributed by atoms with Crippen LogP contribution in [0.4, 0.5) is 0 Å². The average molecular weight is 331 g/mol. The summed E-state index contributed by atoms with van der Waals surface area (Å²) < 4.78 is 1.48. The van der Waals surface area contributed by atoms with E-state index < -0.39 is 6.17 Å². The Morgan fingerprint density at radius 1 is 1.39 bits per heavy atom. The Balaban J connectivity index is 2.27. The highest BCUT2D eigenvalue weighted by atomic mass is 32.2. The van der Waals surface area contributed by atoms with Crippen LogP contribution in [0.25, 0.3) is 0 Å². The summed E-state index contributed by atoms with van der Waals surface area (Å²) in [6.45, 7) is 2.04. The van der Waals surface area contributed by atoms with Gasteiger partial charge in [-0.3, -0.25) is 14.2 Å². The monoisotopic (exact) mass is 331 g/mol. The fourth-order valence-electron chi connectivity index (χ4n) is 2.98. The zero-order valence-electron chi connectivity index (χ0n) is 12.9. The normalized spacial score (nSPS) is 17.0. The van der Waals surface area contributed by atoms with Crippen LogP contribution in [0.15, 0.2) is 40.3 Å². The minimum absolute atomic E-state index is 0.100. The molecule has 7 heteroatoms. The number of hydrogen-bond donors (Lipinski definition) is 1. The van der Waals surface area contributed by atoms with Crippen molar-refractivity contribution in [3.63, 3.8) is 0 Å². The average Bonchev–Trinajstić information content (AvgIpc) is 2.53. The number of fused-ring (bicyclic) bond motifs is 1. The molecule has 1 aliphatic heterocycles. The number of rotatable bonds is 2. The lowest BCUT2D eigenvalue weighted by Gasteiger charge is -2.38. The van der Waals surface area contributed by atoms with Crippen molar-refractivity contribution in [3.05, 3.63) is 51.8 Å². The second-order valence-electron chi connectivity index (χ2n) is 5.34. The number of hydrogen-bond acceptors (Lipinski definition) is 5. The first-order valence-electron chi connectivity index (χ1n) is 7.24. The molecule has 0 saturated carbocycles. The third-order valence-electron chi connectivity index (χ3n) is 3.99. The molecule has 0 aliphatic carbocycles. The number of carbonyl (C=O) groups excluding carboxylic acids is 1. The summed E-state index contributed by atoms with van der Waals surface area (Å²) in [5.74, 6) is -0.411. The van der Waals surface area contributed by atoms with Crippen molar-refractivity contribution in [1.29, 1.82) is 0 Å². The van der Waals surface area contributed by atoms with Gasteiger partial charge in [0.15, 0.2) is 5.16 Å². The summed E-state index contributed by atoms with van der Waals surface area (Å²) in [6, 6.07) is 8.87. The van der Waals surface area contributed by atoms with Gasteiger partial charge in [-0.15, -0.1) is 0 Å². The summed E-state index contributed by atoms with van der Waals surface area (Å²) in [7, 11) is 0. The first-order chi connectivity index (χ1) is 11.0. The molecule has 1 atom stereocenters. The zero-order valence-corrected chi connectivity index (χ0v) is 13.7. The molecule has 1 amide bonds. The molecule has 1 aromatic heterocycles. The Kier molecular flexibility index (Phi) is 4.12. The topological polar surface area (TPSA) is 75.4 Å². The van der Waals surface area contributed by atoms with E-state index in [1.807, 2.05) is 24.3 Å². The quantitative estimate of drug-likeness (QED) is 0.668. The predicted octanol–water partition coefficient (Wildman–Crippen LogP) is 1.62. The number of amides is 1. The molecule has 1 unspecified atom stereocenters. The molecular weight excluding hydrogens is 314 g/mol. The van der Waals surface area contributed by atoms with Crippen LogP contribution < -0.4 is 5.56 Å². The molecular formula is C16H17N3O3S. The number of aromatic hydroxyl groups is 1. The molecule has 3 rings (SSSR count). The van der Waals surface area contributed by atoms with Crippen LogP contribution in [0, 0.1) is 0 Å². The number of benzene rings is 1. The molecule has 120 valence electrons. The SMILES string of the molecule is CSc1nc(O)cc(=O)n1C1c2ccccc2CCN1C(C)=O. The molecule has 1 N–H and O–H groups in total. The lowest BCUT2D eigenvalue weighted by molar-refractivity contribution is -0.132. The Bertz CT molecular complexity index is 818. The van der Waals surface area contributed by atoms with Gasteiger partial charge in [0.2, 0.25) is 11.8 Å². The van der Waals surface area contributed by atoms with Crippen molar-refractivity contribution in [1.82, 2.24) is 14.5 Å². The minimum Gasteiger partial charge on any atom is -0.493 e. The van der Waals surface area contributed by atoms with E-state index in [1.165, 1.54) is 23.3 Å². The van der Waals surface area contributed by atoms with E-state index >= 15 is 0 Å². The van der Waals surface area contributed by atoms with E-state index in [0.717, 1.165) is 23.6 Å². The van der Waals surface area contributed by atoms with E-state index in [0.29, 0.717) is 11.7 Å². The smallest absolute Gasteiger partial charge is 0.259 e. The largest absolute Gasteiger partial charge is 0.493 e. The van der Waals surface area contributed by atoms with Gasteiger partial charge in [-0.2, -0.15) is 4.98 Å². The second-order valence-corrected chi connectivity index (χ2v) is 6.12. The Hall–Kier alpha value is -2.28. The first kappa shape index (κ1) is 15.6. The van der Waals surface area contributed by atoms with Crippen LogP contribution in [0.1, 0.15) is 24.2 Å². The fraction of sp³-hybridized carbons (Fsp3) is 0.312. The molecule has 1 aromatic carbocycles. The Morgan fingerprint density at radius 2 is 2.13 bits per heavy atom. The van der Waals surface area contributed by atoms with Crippen LogP contribution in [-0.4, -0.2) is 38.3 Å². The molecule has 0 bridgehead atoms. The number of thioether (sulfide) groups is 1. The van der Waals surface area contributed by atoms with Crippen LogP contribution >= 0.6 is 11.8 Å². The van der Waals surface area contributed by atoms with Crippen LogP contribution in [0.5, 0.6) is 5.88 Å². The van der Waals surface area contributed by atoms with Crippen molar-refractivity contribution in [2.75, 3.05) is 12.8 Å². The van der Waals surface area contributed by atoms with E-state index in [2.05, 4.69) is 4.98 Å². The van der Waals surface area contributed by atoms with Gasteiger partial charge in [0.1, 0.15) is 6.17 Å². The molecule has 0 saturated heterocycles. The molecule has 2 aromatic rings. The number of carbonyl (C=O) groups is 1. The number of nitrogens with zero attached hydrogens (tertiary/aromatic N) is 3. The molecule has 6 nitrogen and oxygen atoms in total. The Morgan fingerprint density at radius 3 is 2.83 bits per heavy atom. The highest BCUT2D eigenvalue weighted by Gasteiger charge is 2.32. The third-order valence-corrected chi connectivity index (χ3v) is 4.64. The van der Waals surface area contributed by atoms with Crippen LogP contribution in [0.2, 0.25) is 0 Å². The van der Waals surface area contributed by atoms with Gasteiger partial charge in [-0.25, -0.2) is 0 Å². The van der Waals surface area contributed by atoms with Gasteiger partial charge in [-0.1, -0.05) is 36.0 Å². The summed E-state index contributed by atoms with van der Waals surface area (Å²) in [5, 5.41) is 9.98. The highest BCUT2D eigenvalue weighted by molar-refractivity contribution is 7.98. The van der Waals surface area contributed by atoms with Crippen molar-refractivity contribution in [2.45, 2.75) is 24.7 Å². The van der Waals surface area contributed by atoms with Crippen molar-refractivity contribution >= 4 is 17.7 Å².